The van der Waals surface area contributed by atoms with Gasteiger partial charge in [-0.2, -0.15) is 8.75 Å². The Balaban J connectivity index is 1.73. The number of hydrogen-bond donors (Lipinski definition) is 1. The summed E-state index contributed by atoms with van der Waals surface area (Å²) < 4.78 is 49.2. The molecule has 2 heterocycles. The van der Waals surface area contributed by atoms with Crippen LogP contribution in [0.5, 0.6) is 23.0 Å². The normalized spacial score (nSPS) is 15.7. The van der Waals surface area contributed by atoms with E-state index in [1.54, 1.807) is 61.5 Å². The zero-order valence-corrected chi connectivity index (χ0v) is 29.7. The third kappa shape index (κ3) is 7.75. The van der Waals surface area contributed by atoms with Gasteiger partial charge in [-0.3, -0.25) is 4.79 Å². The molecule has 1 unspecified atom stereocenters. The van der Waals surface area contributed by atoms with E-state index in [9.17, 15) is 14.4 Å². The van der Waals surface area contributed by atoms with Crippen molar-refractivity contribution >= 4 is 46.4 Å². The minimum Gasteiger partial charge on any atom is -0.497 e. The molecule has 13 nitrogen and oxygen atoms in total. The number of hydrogen-bond acceptors (Lipinski definition) is 13. The summed E-state index contributed by atoms with van der Waals surface area (Å²) in [5.74, 6) is -1.74. The third-order valence-corrected chi connectivity index (χ3v) is 8.03. The molecule has 1 atom stereocenters. The summed E-state index contributed by atoms with van der Waals surface area (Å²) in [6.07, 6.45) is -1.40. The number of carbonyl (C=O) groups is 3. The summed E-state index contributed by atoms with van der Waals surface area (Å²) in [5.41, 5.74) is 3.09. The van der Waals surface area contributed by atoms with E-state index >= 15 is 0 Å². The van der Waals surface area contributed by atoms with E-state index in [1.807, 2.05) is 27.7 Å². The van der Waals surface area contributed by atoms with Gasteiger partial charge in [0, 0.05) is 17.6 Å². The zero-order chi connectivity index (χ0) is 36.0. The number of carbonyl (C=O) groups excluding carboxylic acids is 3. The van der Waals surface area contributed by atoms with E-state index in [0.717, 1.165) is 11.7 Å². The van der Waals surface area contributed by atoms with Crippen LogP contribution in [0.1, 0.15) is 51.3 Å². The van der Waals surface area contributed by atoms with Gasteiger partial charge in [-0.1, -0.05) is 6.07 Å². The monoisotopic (exact) mass is 705 g/mol. The summed E-state index contributed by atoms with van der Waals surface area (Å²) in [6, 6.07) is 15.4. The fourth-order valence-electron chi connectivity index (χ4n) is 5.46. The quantitative estimate of drug-likeness (QED) is 0.154. The van der Waals surface area contributed by atoms with Crippen LogP contribution < -0.4 is 24.3 Å². The molecule has 1 aromatic heterocycles. The molecule has 50 heavy (non-hydrogen) atoms. The van der Waals surface area contributed by atoms with Crippen molar-refractivity contribution in [3.63, 3.8) is 0 Å². The fraction of sp³-hybridized carbons (Fsp3) is 0.361. The first kappa shape index (κ1) is 35.9. The molecule has 0 aliphatic carbocycles. The van der Waals surface area contributed by atoms with Crippen molar-refractivity contribution in [1.82, 2.24) is 14.1 Å². The molecule has 1 aliphatic rings. The van der Waals surface area contributed by atoms with Gasteiger partial charge in [-0.15, -0.1) is 0 Å². The number of rotatable bonds is 14. The fourth-order valence-corrected chi connectivity index (χ4v) is 5.97. The number of nitrogens with one attached hydrogen (secondary N) is 1. The van der Waals surface area contributed by atoms with Gasteiger partial charge in [0.2, 0.25) is 5.75 Å². The lowest BCUT2D eigenvalue weighted by atomic mass is 9.87. The first-order valence-corrected chi connectivity index (χ1v) is 16.7. The molecule has 1 amide bonds. The van der Waals surface area contributed by atoms with Gasteiger partial charge in [0.1, 0.15) is 23.3 Å². The minimum absolute atomic E-state index is 0.0123. The number of nitrogens with zero attached hydrogens (tertiary/aromatic N) is 2. The van der Waals surface area contributed by atoms with Crippen LogP contribution in [-0.2, 0) is 36.0 Å². The lowest BCUT2D eigenvalue weighted by Gasteiger charge is -2.31. The SMILES string of the molecule is CCOC(=O)CNC(=O)OC1(c2ccc(OC)cc2)OC(=O)C(c2ccc3nsnc3c2)=C1Cc1cc(OC)c(OC(C)C)c(OC(C)C)c1. The molecule has 0 fully saturated rings. The second-order valence-corrected chi connectivity index (χ2v) is 12.3. The number of alkyl carbamates (subject to hydrolysis) is 1. The van der Waals surface area contributed by atoms with Crippen LogP contribution in [0.25, 0.3) is 16.6 Å². The van der Waals surface area contributed by atoms with Crippen LogP contribution in [0.3, 0.4) is 0 Å². The predicted molar refractivity (Wildman–Crippen MR) is 184 cm³/mol. The van der Waals surface area contributed by atoms with Crippen molar-refractivity contribution in [2.24, 2.45) is 0 Å². The van der Waals surface area contributed by atoms with Gasteiger partial charge in [-0.25, -0.2) is 9.59 Å². The highest BCUT2D eigenvalue weighted by molar-refractivity contribution is 7.00. The molecular formula is C36H39N3O10S. The average Bonchev–Trinajstić information content (AvgIpc) is 3.66. The molecule has 0 radical (unpaired) electrons. The summed E-state index contributed by atoms with van der Waals surface area (Å²) in [4.78, 5) is 39.7. The maximum Gasteiger partial charge on any atom is 0.411 e. The van der Waals surface area contributed by atoms with Gasteiger partial charge in [0.25, 0.3) is 0 Å². The van der Waals surface area contributed by atoms with Crippen molar-refractivity contribution in [2.75, 3.05) is 27.4 Å². The molecule has 0 bridgehead atoms. The Hall–Kier alpha value is -5.37. The van der Waals surface area contributed by atoms with E-state index in [-0.39, 0.29) is 36.4 Å². The van der Waals surface area contributed by atoms with Crippen molar-refractivity contribution < 1.29 is 47.5 Å². The first-order chi connectivity index (χ1) is 24.0. The molecule has 1 aliphatic heterocycles. The highest BCUT2D eigenvalue weighted by atomic mass is 32.1. The maximum absolute atomic E-state index is 14.1. The molecule has 264 valence electrons. The van der Waals surface area contributed by atoms with Gasteiger partial charge >= 0.3 is 23.8 Å². The Morgan fingerprint density at radius 1 is 0.900 bits per heavy atom. The summed E-state index contributed by atoms with van der Waals surface area (Å²) in [5, 5.41) is 2.41. The lowest BCUT2D eigenvalue weighted by molar-refractivity contribution is -0.185. The van der Waals surface area contributed by atoms with Crippen molar-refractivity contribution in [3.8, 4) is 23.0 Å². The molecule has 5 rings (SSSR count). The Kier molecular flexibility index (Phi) is 11.1. The highest BCUT2D eigenvalue weighted by Crippen LogP contribution is 2.49. The second kappa shape index (κ2) is 15.5. The van der Waals surface area contributed by atoms with Crippen molar-refractivity contribution in [3.05, 3.63) is 76.9 Å². The number of methoxy groups -OCH3 is 2. The predicted octanol–water partition coefficient (Wildman–Crippen LogP) is 5.98. The van der Waals surface area contributed by atoms with E-state index < -0.39 is 30.4 Å². The van der Waals surface area contributed by atoms with Gasteiger partial charge in [-0.05, 0) is 94.3 Å². The number of ether oxygens (including phenoxy) is 7. The third-order valence-electron chi connectivity index (χ3n) is 7.47. The summed E-state index contributed by atoms with van der Waals surface area (Å²) in [6.45, 7) is 8.89. The second-order valence-electron chi connectivity index (χ2n) is 11.7. The van der Waals surface area contributed by atoms with E-state index in [4.69, 9.17) is 33.2 Å². The Labute approximate surface area is 293 Å². The van der Waals surface area contributed by atoms with Crippen LogP contribution in [0.15, 0.2) is 60.2 Å². The number of cyclic esters (lactones) is 1. The molecule has 0 saturated heterocycles. The van der Waals surface area contributed by atoms with Crippen LogP contribution in [0.2, 0.25) is 0 Å². The van der Waals surface area contributed by atoms with Crippen LogP contribution >= 0.6 is 11.7 Å². The van der Waals surface area contributed by atoms with Crippen LogP contribution in [-0.4, -0.2) is 66.4 Å². The largest absolute Gasteiger partial charge is 0.497 e. The van der Waals surface area contributed by atoms with Crippen LogP contribution in [0.4, 0.5) is 4.79 Å². The summed E-state index contributed by atoms with van der Waals surface area (Å²) >= 11 is 1.04. The van der Waals surface area contributed by atoms with Gasteiger partial charge in [0.05, 0.1) is 50.3 Å². The smallest absolute Gasteiger partial charge is 0.411 e. The first-order valence-electron chi connectivity index (χ1n) is 16.0. The summed E-state index contributed by atoms with van der Waals surface area (Å²) in [7, 11) is 3.04. The Bertz CT molecular complexity index is 1900. The lowest BCUT2D eigenvalue weighted by Crippen LogP contribution is -2.41. The highest BCUT2D eigenvalue weighted by Gasteiger charge is 2.53. The molecule has 0 spiro atoms. The molecular weight excluding hydrogens is 666 g/mol. The van der Waals surface area contributed by atoms with Gasteiger partial charge in [0.15, 0.2) is 11.5 Å². The molecule has 14 heteroatoms. The number of fused-ring (bicyclic) bond motifs is 1. The molecule has 1 N–H and O–H groups in total. The number of amides is 1. The number of benzene rings is 3. The van der Waals surface area contributed by atoms with E-state index in [0.29, 0.717) is 50.7 Å². The number of aromatic nitrogens is 2. The standard InChI is InChI=1S/C36H39N3O10S/c1-8-45-31(40)19-37-35(42)49-36(24-10-12-25(43-6)13-11-24)26(32(34(41)48-36)23-9-14-27-28(18-23)39-50-38-27)15-22-16-29(44-7)33(47-21(4)5)30(17-22)46-20(2)3/h9-14,16-18,20-21H,8,15,19H2,1-7H3,(H,37,42). The van der Waals surface area contributed by atoms with E-state index in [2.05, 4.69) is 14.1 Å². The topological polar surface area (TPSA) is 154 Å². The zero-order valence-electron chi connectivity index (χ0n) is 28.9. The van der Waals surface area contributed by atoms with E-state index in [1.165, 1.54) is 14.2 Å². The van der Waals surface area contributed by atoms with Crippen molar-refractivity contribution in [1.29, 1.82) is 0 Å². The minimum atomic E-state index is -2.09. The van der Waals surface area contributed by atoms with Crippen molar-refractivity contribution in [2.45, 2.75) is 59.0 Å². The molecule has 0 saturated carbocycles. The molecule has 4 aromatic rings. The molecule has 3 aromatic carbocycles. The Morgan fingerprint density at radius 3 is 2.26 bits per heavy atom. The van der Waals surface area contributed by atoms with Gasteiger partial charge < -0.3 is 38.5 Å². The Morgan fingerprint density at radius 2 is 1.60 bits per heavy atom. The average molecular weight is 706 g/mol. The maximum atomic E-state index is 14.1. The van der Waals surface area contributed by atoms with Crippen LogP contribution in [0, 0.1) is 0 Å². The number of esters is 2.